The van der Waals surface area contributed by atoms with E-state index < -0.39 is 0 Å². The predicted molar refractivity (Wildman–Crippen MR) is 129 cm³/mol. The molecule has 2 aromatic carbocycles. The summed E-state index contributed by atoms with van der Waals surface area (Å²) in [6, 6.07) is 17.5. The van der Waals surface area contributed by atoms with Crippen LogP contribution in [0.5, 0.6) is 0 Å². The molecule has 29 heavy (non-hydrogen) atoms. The lowest BCUT2D eigenvalue weighted by Gasteiger charge is -2.22. The van der Waals surface area contributed by atoms with Crippen molar-refractivity contribution in [3.63, 3.8) is 0 Å². The standard InChI is InChI=1S/C26H32N2S/c1-2-28-19-18-27-24(23-13-7-8-14-25(23)28)17-16-22-12-6-9-15-26(22)29-20-21-10-4-3-5-11-21/h6-9,12-17,21H,2-5,10-11,18-20H2,1H3/b17-16+. The van der Waals surface area contributed by atoms with Crippen molar-refractivity contribution < 1.29 is 0 Å². The molecule has 1 saturated carbocycles. The van der Waals surface area contributed by atoms with Gasteiger partial charge in [-0.1, -0.05) is 61.7 Å². The van der Waals surface area contributed by atoms with E-state index in [1.54, 1.807) is 0 Å². The normalized spacial score (nSPS) is 17.8. The summed E-state index contributed by atoms with van der Waals surface area (Å²) in [5.74, 6) is 2.14. The van der Waals surface area contributed by atoms with Crippen LogP contribution in [0.25, 0.3) is 6.08 Å². The van der Waals surface area contributed by atoms with E-state index in [4.69, 9.17) is 4.99 Å². The van der Waals surface area contributed by atoms with Crippen LogP contribution in [0.15, 0.2) is 64.5 Å². The molecule has 3 heteroatoms. The number of fused-ring (bicyclic) bond motifs is 1. The average Bonchev–Trinajstić information content (AvgIpc) is 2.96. The lowest BCUT2D eigenvalue weighted by molar-refractivity contribution is 0.391. The molecule has 152 valence electrons. The number of allylic oxidation sites excluding steroid dienone is 1. The van der Waals surface area contributed by atoms with Crippen LogP contribution in [-0.2, 0) is 0 Å². The predicted octanol–water partition coefficient (Wildman–Crippen LogP) is 6.70. The van der Waals surface area contributed by atoms with Gasteiger partial charge in [0, 0.05) is 35.0 Å². The third-order valence-corrected chi connectivity index (χ3v) is 7.41. The Kier molecular flexibility index (Phi) is 7.10. The Morgan fingerprint density at radius 1 is 1.00 bits per heavy atom. The molecule has 1 aliphatic heterocycles. The molecule has 0 spiro atoms. The van der Waals surface area contributed by atoms with Gasteiger partial charge in [0.15, 0.2) is 0 Å². The first-order chi connectivity index (χ1) is 14.3. The number of benzodiazepines with no additional fused rings is 1. The summed E-state index contributed by atoms with van der Waals surface area (Å²) < 4.78 is 0. The number of thioether (sulfide) groups is 1. The van der Waals surface area contributed by atoms with Gasteiger partial charge in [0.25, 0.3) is 0 Å². The quantitative estimate of drug-likeness (QED) is 0.498. The van der Waals surface area contributed by atoms with Gasteiger partial charge in [0.05, 0.1) is 12.3 Å². The summed E-state index contributed by atoms with van der Waals surface area (Å²) in [7, 11) is 0. The van der Waals surface area contributed by atoms with Crippen molar-refractivity contribution >= 4 is 29.2 Å². The maximum atomic E-state index is 4.91. The van der Waals surface area contributed by atoms with Crippen LogP contribution >= 0.6 is 11.8 Å². The summed E-state index contributed by atoms with van der Waals surface area (Å²) in [4.78, 5) is 8.73. The zero-order valence-corrected chi connectivity index (χ0v) is 18.3. The molecule has 0 N–H and O–H groups in total. The van der Waals surface area contributed by atoms with Gasteiger partial charge in [-0.15, -0.1) is 11.8 Å². The highest BCUT2D eigenvalue weighted by Crippen LogP contribution is 2.32. The van der Waals surface area contributed by atoms with Gasteiger partial charge < -0.3 is 4.90 Å². The first-order valence-electron chi connectivity index (χ1n) is 11.1. The largest absolute Gasteiger partial charge is 0.369 e. The van der Waals surface area contributed by atoms with Gasteiger partial charge in [-0.25, -0.2) is 0 Å². The SMILES string of the molecule is CCN1CCN=C(/C=C/c2ccccc2SCC2CCCCC2)c2ccccc21. The molecule has 1 heterocycles. The highest BCUT2D eigenvalue weighted by atomic mass is 32.2. The number of rotatable bonds is 6. The highest BCUT2D eigenvalue weighted by Gasteiger charge is 2.16. The Labute approximate surface area is 180 Å². The van der Waals surface area contributed by atoms with Gasteiger partial charge in [-0.2, -0.15) is 0 Å². The number of aliphatic imine (C=N–C) groups is 1. The summed E-state index contributed by atoms with van der Waals surface area (Å²) in [6.07, 6.45) is 11.6. The number of hydrogen-bond acceptors (Lipinski definition) is 3. The number of anilines is 1. The van der Waals surface area contributed by atoms with E-state index in [0.29, 0.717) is 0 Å². The first-order valence-corrected chi connectivity index (χ1v) is 12.1. The maximum absolute atomic E-state index is 4.91. The van der Waals surface area contributed by atoms with Crippen LogP contribution in [0.2, 0.25) is 0 Å². The molecule has 1 aliphatic carbocycles. The molecule has 4 rings (SSSR count). The van der Waals surface area contributed by atoms with Crippen molar-refractivity contribution in [3.05, 3.63) is 65.7 Å². The Bertz CT molecular complexity index is 865. The molecule has 2 aromatic rings. The van der Waals surface area contributed by atoms with Crippen LogP contribution in [0, 0.1) is 5.92 Å². The van der Waals surface area contributed by atoms with E-state index in [1.807, 2.05) is 11.8 Å². The minimum absolute atomic E-state index is 0.847. The molecule has 0 radical (unpaired) electrons. The molecule has 1 fully saturated rings. The molecule has 0 atom stereocenters. The zero-order chi connectivity index (χ0) is 19.9. The summed E-state index contributed by atoms with van der Waals surface area (Å²) in [5.41, 5.74) is 4.96. The topological polar surface area (TPSA) is 15.6 Å². The third kappa shape index (κ3) is 5.14. The Morgan fingerprint density at radius 3 is 2.66 bits per heavy atom. The van der Waals surface area contributed by atoms with Gasteiger partial charge in [0.2, 0.25) is 0 Å². The Morgan fingerprint density at radius 2 is 1.79 bits per heavy atom. The lowest BCUT2D eigenvalue weighted by Crippen LogP contribution is -2.25. The van der Waals surface area contributed by atoms with Crippen molar-refractivity contribution in [2.45, 2.75) is 43.9 Å². The number of likely N-dealkylation sites (N-methyl/N-ethyl adjacent to an activating group) is 1. The fourth-order valence-electron chi connectivity index (χ4n) is 4.41. The highest BCUT2D eigenvalue weighted by molar-refractivity contribution is 7.99. The van der Waals surface area contributed by atoms with Crippen LogP contribution < -0.4 is 4.90 Å². The molecular formula is C26H32N2S. The summed E-state index contributed by atoms with van der Waals surface area (Å²) >= 11 is 2.03. The summed E-state index contributed by atoms with van der Waals surface area (Å²) in [6.45, 7) is 5.07. The lowest BCUT2D eigenvalue weighted by atomic mass is 9.91. The van der Waals surface area contributed by atoms with E-state index in [2.05, 4.69) is 72.5 Å². The van der Waals surface area contributed by atoms with Crippen molar-refractivity contribution in [1.82, 2.24) is 0 Å². The minimum atomic E-state index is 0.847. The first kappa shape index (κ1) is 20.3. The van der Waals surface area contributed by atoms with Crippen LogP contribution in [-0.4, -0.2) is 31.1 Å². The second-order valence-electron chi connectivity index (χ2n) is 8.05. The van der Waals surface area contributed by atoms with Crippen LogP contribution in [0.1, 0.15) is 50.2 Å². The fraction of sp³-hybridized carbons (Fsp3) is 0.423. The average molecular weight is 405 g/mol. The zero-order valence-electron chi connectivity index (χ0n) is 17.5. The Hall–Kier alpha value is -2.00. The number of nitrogens with zero attached hydrogens (tertiary/aromatic N) is 2. The monoisotopic (exact) mass is 404 g/mol. The number of para-hydroxylation sites is 1. The third-order valence-electron chi connectivity index (χ3n) is 6.09. The van der Waals surface area contributed by atoms with Crippen molar-refractivity contribution in [2.75, 3.05) is 30.3 Å². The molecule has 0 aromatic heterocycles. The second-order valence-corrected chi connectivity index (χ2v) is 9.11. The van der Waals surface area contributed by atoms with Crippen molar-refractivity contribution in [2.24, 2.45) is 10.9 Å². The molecular weight excluding hydrogens is 372 g/mol. The van der Waals surface area contributed by atoms with Gasteiger partial charge >= 0.3 is 0 Å². The molecule has 0 bridgehead atoms. The number of hydrogen-bond donors (Lipinski definition) is 0. The maximum Gasteiger partial charge on any atom is 0.0668 e. The van der Waals surface area contributed by atoms with Crippen molar-refractivity contribution in [3.8, 4) is 0 Å². The molecule has 0 unspecified atom stereocenters. The molecule has 2 aliphatic rings. The van der Waals surface area contributed by atoms with Crippen LogP contribution in [0.3, 0.4) is 0 Å². The van der Waals surface area contributed by atoms with Gasteiger partial charge in [0.1, 0.15) is 0 Å². The van der Waals surface area contributed by atoms with E-state index in [1.165, 1.54) is 59.6 Å². The van der Waals surface area contributed by atoms with E-state index in [-0.39, 0.29) is 0 Å². The fourth-order valence-corrected chi connectivity index (χ4v) is 5.64. The van der Waals surface area contributed by atoms with Gasteiger partial charge in [-0.05, 0) is 49.5 Å². The smallest absolute Gasteiger partial charge is 0.0668 e. The molecule has 2 nitrogen and oxygen atoms in total. The summed E-state index contributed by atoms with van der Waals surface area (Å²) in [5, 5.41) is 0. The van der Waals surface area contributed by atoms with Crippen LogP contribution in [0.4, 0.5) is 5.69 Å². The molecule has 0 saturated heterocycles. The molecule has 0 amide bonds. The van der Waals surface area contributed by atoms with Gasteiger partial charge in [-0.3, -0.25) is 4.99 Å². The number of benzene rings is 2. The minimum Gasteiger partial charge on any atom is -0.369 e. The van der Waals surface area contributed by atoms with E-state index in [0.717, 1.165) is 31.3 Å². The second kappa shape index (κ2) is 10.2. The Balaban J connectivity index is 1.52. The van der Waals surface area contributed by atoms with E-state index >= 15 is 0 Å². The van der Waals surface area contributed by atoms with Crippen molar-refractivity contribution in [1.29, 1.82) is 0 Å². The van der Waals surface area contributed by atoms with E-state index in [9.17, 15) is 0 Å².